The van der Waals surface area contributed by atoms with Crippen molar-refractivity contribution in [2.45, 2.75) is 64.2 Å². The quantitative estimate of drug-likeness (QED) is 0.430. The summed E-state index contributed by atoms with van der Waals surface area (Å²) in [4.78, 5) is 0. The van der Waals surface area contributed by atoms with Crippen LogP contribution in [0.25, 0.3) is 11.1 Å². The van der Waals surface area contributed by atoms with E-state index in [0.29, 0.717) is 11.8 Å². The van der Waals surface area contributed by atoms with Crippen LogP contribution in [0.4, 0.5) is 0 Å². The van der Waals surface area contributed by atoms with E-state index in [4.69, 9.17) is 0 Å². The van der Waals surface area contributed by atoms with E-state index in [1.54, 1.807) is 0 Å². The molecule has 0 amide bonds. The summed E-state index contributed by atoms with van der Waals surface area (Å²) in [6.07, 6.45) is 10.4. The van der Waals surface area contributed by atoms with Gasteiger partial charge in [0.1, 0.15) is 0 Å². The van der Waals surface area contributed by atoms with Crippen LogP contribution in [0.1, 0.15) is 75.3 Å². The van der Waals surface area contributed by atoms with Crippen LogP contribution in [-0.2, 0) is 0 Å². The molecule has 0 radical (unpaired) electrons. The molecule has 146 valence electrons. The first-order valence-corrected chi connectivity index (χ1v) is 11.2. The molecule has 0 heterocycles. The number of allylic oxidation sites excluding steroid dienone is 2. The van der Waals surface area contributed by atoms with Crippen LogP contribution in [0.15, 0.2) is 72.8 Å². The molecule has 0 heteroatoms. The van der Waals surface area contributed by atoms with Crippen molar-refractivity contribution in [2.24, 2.45) is 11.8 Å². The maximum absolute atomic E-state index is 4.50. The highest BCUT2D eigenvalue weighted by molar-refractivity contribution is 5.78. The van der Waals surface area contributed by atoms with Crippen LogP contribution < -0.4 is 0 Å². The molecule has 0 bridgehead atoms. The summed E-state index contributed by atoms with van der Waals surface area (Å²) >= 11 is 0. The van der Waals surface area contributed by atoms with Crippen molar-refractivity contribution in [2.75, 3.05) is 0 Å². The Kier molecular flexibility index (Phi) is 5.85. The van der Waals surface area contributed by atoms with E-state index >= 15 is 0 Å². The fourth-order valence-electron chi connectivity index (χ4n) is 5.61. The third-order valence-corrected chi connectivity index (χ3v) is 7.11. The van der Waals surface area contributed by atoms with Gasteiger partial charge >= 0.3 is 0 Å². The first-order chi connectivity index (χ1) is 13.6. The van der Waals surface area contributed by atoms with Gasteiger partial charge in [-0.1, -0.05) is 92.1 Å². The third-order valence-electron chi connectivity index (χ3n) is 7.11. The van der Waals surface area contributed by atoms with E-state index in [-0.39, 0.29) is 0 Å². The Bertz CT molecular complexity index is 804. The topological polar surface area (TPSA) is 0 Å². The van der Waals surface area contributed by atoms with Crippen molar-refractivity contribution in [3.63, 3.8) is 0 Å². The number of rotatable bonds is 7. The standard InChI is InChI=1S/C28H34/c1-20(2)28(22-11-5-4-6-12-22)19-21(3)17-18-27-25-15-9-7-13-23(25)24-14-8-10-16-26(24)27/h7-10,13-16,22,27-28H,1,3-6,11-12,17-19H2,2H3/t28-/m0/s1. The number of hydrogen-bond donors (Lipinski definition) is 0. The lowest BCUT2D eigenvalue weighted by Crippen LogP contribution is -2.19. The maximum Gasteiger partial charge on any atom is 0.0105 e. The van der Waals surface area contributed by atoms with E-state index in [2.05, 4.69) is 68.6 Å². The lowest BCUT2D eigenvalue weighted by Gasteiger charge is -2.31. The molecule has 2 aliphatic rings. The number of benzene rings is 2. The second-order valence-corrected chi connectivity index (χ2v) is 9.07. The fraction of sp³-hybridized carbons (Fsp3) is 0.429. The molecule has 28 heavy (non-hydrogen) atoms. The predicted molar refractivity (Wildman–Crippen MR) is 122 cm³/mol. The van der Waals surface area contributed by atoms with Gasteiger partial charge in [0.25, 0.3) is 0 Å². The monoisotopic (exact) mass is 370 g/mol. The molecule has 0 saturated heterocycles. The smallest absolute Gasteiger partial charge is 0.0105 e. The predicted octanol–water partition coefficient (Wildman–Crippen LogP) is 8.30. The summed E-state index contributed by atoms with van der Waals surface area (Å²) in [7, 11) is 0. The molecule has 2 aromatic rings. The lowest BCUT2D eigenvalue weighted by molar-refractivity contribution is 0.273. The summed E-state index contributed by atoms with van der Waals surface area (Å²) < 4.78 is 0. The molecule has 1 fully saturated rings. The van der Waals surface area contributed by atoms with Gasteiger partial charge in [0, 0.05) is 5.92 Å². The largest absolute Gasteiger partial charge is 0.0998 e. The molecule has 0 aromatic heterocycles. The van der Waals surface area contributed by atoms with Gasteiger partial charge in [-0.25, -0.2) is 0 Å². The highest BCUT2D eigenvalue weighted by Crippen LogP contribution is 2.47. The van der Waals surface area contributed by atoms with Gasteiger partial charge in [0.15, 0.2) is 0 Å². The van der Waals surface area contributed by atoms with Gasteiger partial charge < -0.3 is 0 Å². The van der Waals surface area contributed by atoms with Gasteiger partial charge in [-0.05, 0) is 73.1 Å². The first-order valence-electron chi connectivity index (χ1n) is 11.2. The van der Waals surface area contributed by atoms with Crippen LogP contribution in [-0.4, -0.2) is 0 Å². The zero-order valence-electron chi connectivity index (χ0n) is 17.4. The van der Waals surface area contributed by atoms with Crippen molar-refractivity contribution in [1.29, 1.82) is 0 Å². The average Bonchev–Trinajstić information content (AvgIpc) is 3.05. The van der Waals surface area contributed by atoms with E-state index < -0.39 is 0 Å². The number of fused-ring (bicyclic) bond motifs is 3. The van der Waals surface area contributed by atoms with E-state index in [1.165, 1.54) is 71.9 Å². The molecular weight excluding hydrogens is 336 g/mol. The SMILES string of the molecule is C=C(CCC1c2ccccc2-c2ccccc21)C[C@@H](C(=C)C)C1CCCCC1. The summed E-state index contributed by atoms with van der Waals surface area (Å²) in [6.45, 7) is 11.1. The Morgan fingerprint density at radius 3 is 2.04 bits per heavy atom. The van der Waals surface area contributed by atoms with Gasteiger partial charge in [-0.3, -0.25) is 0 Å². The van der Waals surface area contributed by atoms with Crippen LogP contribution in [0.3, 0.4) is 0 Å². The summed E-state index contributed by atoms with van der Waals surface area (Å²) in [5.74, 6) is 1.98. The molecule has 1 atom stereocenters. The Labute approximate surface area is 171 Å². The highest BCUT2D eigenvalue weighted by Gasteiger charge is 2.28. The third kappa shape index (κ3) is 3.88. The second kappa shape index (κ2) is 8.52. The molecule has 0 nitrogen and oxygen atoms in total. The van der Waals surface area contributed by atoms with Crippen molar-refractivity contribution in [1.82, 2.24) is 0 Å². The van der Waals surface area contributed by atoms with Gasteiger partial charge in [-0.2, -0.15) is 0 Å². The Morgan fingerprint density at radius 1 is 0.893 bits per heavy atom. The van der Waals surface area contributed by atoms with Crippen LogP contribution in [0.5, 0.6) is 0 Å². The summed E-state index contributed by atoms with van der Waals surface area (Å²) in [5.41, 5.74) is 8.64. The Balaban J connectivity index is 1.44. The summed E-state index contributed by atoms with van der Waals surface area (Å²) in [5, 5.41) is 0. The molecular formula is C28H34. The van der Waals surface area contributed by atoms with Crippen LogP contribution in [0, 0.1) is 11.8 Å². The molecule has 4 rings (SSSR count). The summed E-state index contributed by atoms with van der Waals surface area (Å²) in [6, 6.07) is 17.9. The van der Waals surface area contributed by atoms with Crippen LogP contribution >= 0.6 is 0 Å². The minimum absolute atomic E-state index is 0.516. The normalized spacial score (nSPS) is 17.8. The van der Waals surface area contributed by atoms with Crippen molar-refractivity contribution in [3.05, 3.63) is 84.0 Å². The Hall–Kier alpha value is -2.08. The van der Waals surface area contributed by atoms with Crippen molar-refractivity contribution in [3.8, 4) is 11.1 Å². The highest BCUT2D eigenvalue weighted by atomic mass is 14.3. The average molecular weight is 371 g/mol. The molecule has 0 unspecified atom stereocenters. The van der Waals surface area contributed by atoms with E-state index in [1.807, 2.05) is 0 Å². The molecule has 2 aromatic carbocycles. The van der Waals surface area contributed by atoms with E-state index in [0.717, 1.165) is 18.8 Å². The molecule has 0 aliphatic heterocycles. The second-order valence-electron chi connectivity index (χ2n) is 9.07. The molecule has 0 N–H and O–H groups in total. The zero-order valence-corrected chi connectivity index (χ0v) is 17.4. The molecule has 2 aliphatic carbocycles. The van der Waals surface area contributed by atoms with Crippen LogP contribution in [0.2, 0.25) is 0 Å². The number of hydrogen-bond acceptors (Lipinski definition) is 0. The Morgan fingerprint density at radius 2 is 1.46 bits per heavy atom. The molecule has 0 spiro atoms. The minimum atomic E-state index is 0.516. The lowest BCUT2D eigenvalue weighted by atomic mass is 9.74. The van der Waals surface area contributed by atoms with Crippen molar-refractivity contribution < 1.29 is 0 Å². The fourth-order valence-corrected chi connectivity index (χ4v) is 5.61. The first kappa shape index (κ1) is 19.2. The van der Waals surface area contributed by atoms with Gasteiger partial charge in [0.2, 0.25) is 0 Å². The van der Waals surface area contributed by atoms with Crippen molar-refractivity contribution >= 4 is 0 Å². The zero-order chi connectivity index (χ0) is 19.5. The minimum Gasteiger partial charge on any atom is -0.0998 e. The van der Waals surface area contributed by atoms with Gasteiger partial charge in [-0.15, -0.1) is 0 Å². The molecule has 1 saturated carbocycles. The maximum atomic E-state index is 4.50. The van der Waals surface area contributed by atoms with Gasteiger partial charge in [0.05, 0.1) is 0 Å². The van der Waals surface area contributed by atoms with E-state index in [9.17, 15) is 0 Å².